The summed E-state index contributed by atoms with van der Waals surface area (Å²) < 4.78 is 11.6. The van der Waals surface area contributed by atoms with Crippen LogP contribution in [0.4, 0.5) is 0 Å². The van der Waals surface area contributed by atoms with Gasteiger partial charge in [-0.2, -0.15) is 0 Å². The van der Waals surface area contributed by atoms with Crippen LogP contribution in [-0.4, -0.2) is 28.0 Å². The number of rotatable bonds is 7. The Morgan fingerprint density at radius 3 is 2.29 bits per heavy atom. The van der Waals surface area contributed by atoms with Gasteiger partial charge in [0, 0.05) is 5.88 Å². The summed E-state index contributed by atoms with van der Waals surface area (Å²) in [5, 5.41) is 0. The first-order valence-electron chi connectivity index (χ1n) is 6.11. The van der Waals surface area contributed by atoms with E-state index >= 15 is 0 Å². The van der Waals surface area contributed by atoms with E-state index < -0.39 is 0 Å². The van der Waals surface area contributed by atoms with Gasteiger partial charge in [-0.3, -0.25) is 0 Å². The Labute approximate surface area is 112 Å². The largest absolute Gasteiger partial charge is 0.492 e. The van der Waals surface area contributed by atoms with Crippen molar-refractivity contribution in [2.75, 3.05) is 5.88 Å². The molecule has 2 nitrogen and oxygen atoms in total. The molecule has 0 aliphatic rings. The number of hydrogen-bond acceptors (Lipinski definition) is 2. The summed E-state index contributed by atoms with van der Waals surface area (Å²) in [5.41, 5.74) is 0.290. The van der Waals surface area contributed by atoms with Gasteiger partial charge in [-0.1, -0.05) is 12.1 Å². The Kier molecular flexibility index (Phi) is 6.44. The lowest BCUT2D eigenvalue weighted by molar-refractivity contribution is 0.193. The van der Waals surface area contributed by atoms with Gasteiger partial charge in [0.25, 0.3) is 0 Å². The fourth-order valence-electron chi connectivity index (χ4n) is 1.54. The molecule has 1 rings (SSSR count). The van der Waals surface area contributed by atoms with Crippen molar-refractivity contribution in [3.8, 4) is 11.5 Å². The fourth-order valence-corrected chi connectivity index (χ4v) is 1.95. The van der Waals surface area contributed by atoms with Crippen molar-refractivity contribution in [3.05, 3.63) is 24.3 Å². The van der Waals surface area contributed by atoms with Gasteiger partial charge in [-0.25, -0.2) is 0 Å². The number of benzene rings is 1. The Morgan fingerprint density at radius 1 is 1.18 bits per heavy atom. The lowest BCUT2D eigenvalue weighted by Gasteiger charge is -2.18. The molecule has 0 radical (unpaired) electrons. The molecule has 0 N–H and O–H groups in total. The van der Waals surface area contributed by atoms with Gasteiger partial charge in [0.2, 0.25) is 0 Å². The minimum absolute atomic E-state index is 0.169. The van der Waals surface area contributed by atoms with Crippen LogP contribution in [0.1, 0.15) is 26.7 Å². The molecule has 0 saturated carbocycles. The minimum Gasteiger partial charge on any atom is -0.492 e. The van der Waals surface area contributed by atoms with Crippen molar-refractivity contribution in [2.45, 2.75) is 38.5 Å². The molecule has 0 heterocycles. The van der Waals surface area contributed by atoms with Crippen LogP contribution < -0.4 is 9.47 Å². The van der Waals surface area contributed by atoms with Crippen LogP contribution in [0.2, 0.25) is 0 Å². The third kappa shape index (κ3) is 5.46. The highest BCUT2D eigenvalue weighted by molar-refractivity contribution is 6.17. The summed E-state index contributed by atoms with van der Waals surface area (Å²) in [6, 6.07) is 7.85. The molecule has 0 amide bonds. The van der Waals surface area contributed by atoms with Crippen LogP contribution in [0.5, 0.6) is 11.5 Å². The molecule has 0 aromatic heterocycles. The quantitative estimate of drug-likeness (QED) is 0.561. The van der Waals surface area contributed by atoms with E-state index in [0.717, 1.165) is 34.6 Å². The molecule has 2 atom stereocenters. The number of para-hydroxylation sites is 2. The average molecular weight is 273 g/mol. The molecule has 0 spiro atoms. The van der Waals surface area contributed by atoms with E-state index in [-0.39, 0.29) is 11.8 Å². The topological polar surface area (TPSA) is 18.5 Å². The van der Waals surface area contributed by atoms with Crippen molar-refractivity contribution in [3.63, 3.8) is 0 Å². The van der Waals surface area contributed by atoms with Crippen LogP contribution in [0.3, 0.4) is 0 Å². The minimum atomic E-state index is 0.169. The summed E-state index contributed by atoms with van der Waals surface area (Å²) in [5.74, 6) is 2.36. The SMILES string of the molecule is CC([SiH3])Oc1ccccc1OC(C)CCCCl. The van der Waals surface area contributed by atoms with Crippen molar-refractivity contribution < 1.29 is 9.47 Å². The van der Waals surface area contributed by atoms with E-state index in [4.69, 9.17) is 21.1 Å². The van der Waals surface area contributed by atoms with E-state index in [9.17, 15) is 0 Å². The van der Waals surface area contributed by atoms with Crippen LogP contribution in [0.25, 0.3) is 0 Å². The van der Waals surface area contributed by atoms with Crippen molar-refractivity contribution in [2.24, 2.45) is 0 Å². The maximum Gasteiger partial charge on any atom is 0.161 e. The predicted octanol–water partition coefficient (Wildman–Crippen LogP) is 2.56. The first-order chi connectivity index (χ1) is 8.13. The zero-order chi connectivity index (χ0) is 12.7. The summed E-state index contributed by atoms with van der Waals surface area (Å²) in [6.45, 7) is 4.13. The molecular weight excluding hydrogens is 252 g/mol. The average Bonchev–Trinajstić information content (AvgIpc) is 2.28. The Morgan fingerprint density at radius 2 is 1.76 bits per heavy atom. The second-order valence-corrected chi connectivity index (χ2v) is 6.38. The van der Waals surface area contributed by atoms with E-state index in [1.54, 1.807) is 0 Å². The predicted molar refractivity (Wildman–Crippen MR) is 76.5 cm³/mol. The molecule has 2 unspecified atom stereocenters. The van der Waals surface area contributed by atoms with Gasteiger partial charge >= 0.3 is 0 Å². The highest BCUT2D eigenvalue weighted by atomic mass is 35.5. The highest BCUT2D eigenvalue weighted by Crippen LogP contribution is 2.28. The van der Waals surface area contributed by atoms with Gasteiger partial charge in [0.1, 0.15) is 0 Å². The molecule has 17 heavy (non-hydrogen) atoms. The number of alkyl halides is 1. The highest BCUT2D eigenvalue weighted by Gasteiger charge is 2.09. The van der Waals surface area contributed by atoms with Gasteiger partial charge < -0.3 is 9.47 Å². The van der Waals surface area contributed by atoms with Crippen molar-refractivity contribution in [1.29, 1.82) is 0 Å². The standard InChI is InChI=1S/C13H21ClO2Si/c1-10(6-5-9-14)15-12-7-3-4-8-13(12)16-11(2)17/h3-4,7-8,10-11H,5-6,9H2,1-2,17H3. The molecule has 96 valence electrons. The van der Waals surface area contributed by atoms with Gasteiger partial charge in [0.05, 0.1) is 22.1 Å². The molecule has 1 aromatic rings. The molecule has 0 fully saturated rings. The van der Waals surface area contributed by atoms with E-state index in [2.05, 4.69) is 13.8 Å². The normalized spacial score (nSPS) is 14.3. The van der Waals surface area contributed by atoms with E-state index in [1.807, 2.05) is 24.3 Å². The van der Waals surface area contributed by atoms with Crippen LogP contribution >= 0.6 is 11.6 Å². The summed E-state index contributed by atoms with van der Waals surface area (Å²) in [7, 11) is 1.01. The Bertz CT molecular complexity index is 331. The first kappa shape index (κ1) is 14.4. The molecule has 4 heteroatoms. The van der Waals surface area contributed by atoms with Crippen molar-refractivity contribution in [1.82, 2.24) is 0 Å². The lowest BCUT2D eigenvalue weighted by Crippen LogP contribution is -2.15. The number of halogens is 1. The smallest absolute Gasteiger partial charge is 0.161 e. The van der Waals surface area contributed by atoms with Crippen LogP contribution in [0.15, 0.2) is 24.3 Å². The summed E-state index contributed by atoms with van der Waals surface area (Å²) in [6.07, 6.45) is 2.11. The third-order valence-electron chi connectivity index (χ3n) is 2.28. The molecule has 0 aliphatic carbocycles. The maximum absolute atomic E-state index is 5.88. The molecular formula is C13H21ClO2Si. The Hall–Kier alpha value is -0.673. The maximum atomic E-state index is 5.88. The van der Waals surface area contributed by atoms with Gasteiger partial charge in [-0.15, -0.1) is 11.6 Å². The van der Waals surface area contributed by atoms with Crippen LogP contribution in [-0.2, 0) is 0 Å². The van der Waals surface area contributed by atoms with E-state index in [1.165, 1.54) is 0 Å². The Balaban J connectivity index is 2.62. The number of ether oxygens (including phenoxy) is 2. The monoisotopic (exact) mass is 272 g/mol. The molecule has 0 bridgehead atoms. The second-order valence-electron chi connectivity index (χ2n) is 4.37. The zero-order valence-electron chi connectivity index (χ0n) is 10.8. The number of hydrogen-bond donors (Lipinski definition) is 0. The summed E-state index contributed by atoms with van der Waals surface area (Å²) in [4.78, 5) is 0. The summed E-state index contributed by atoms with van der Waals surface area (Å²) >= 11 is 5.67. The molecule has 0 saturated heterocycles. The first-order valence-corrected chi connectivity index (χ1v) is 7.80. The fraction of sp³-hybridized carbons (Fsp3) is 0.538. The van der Waals surface area contributed by atoms with Crippen molar-refractivity contribution >= 4 is 21.8 Å². The van der Waals surface area contributed by atoms with E-state index in [0.29, 0.717) is 5.88 Å². The van der Waals surface area contributed by atoms with Gasteiger partial charge in [0.15, 0.2) is 11.5 Å². The lowest BCUT2D eigenvalue weighted by atomic mass is 10.2. The zero-order valence-corrected chi connectivity index (χ0v) is 13.5. The third-order valence-corrected chi connectivity index (χ3v) is 2.79. The molecule has 0 aliphatic heterocycles. The van der Waals surface area contributed by atoms with Crippen LogP contribution in [0, 0.1) is 0 Å². The molecule has 1 aromatic carbocycles. The second kappa shape index (κ2) is 7.61. The van der Waals surface area contributed by atoms with Gasteiger partial charge in [-0.05, 0) is 38.8 Å².